The summed E-state index contributed by atoms with van der Waals surface area (Å²) in [5, 5.41) is 2.76. The van der Waals surface area contributed by atoms with Crippen molar-refractivity contribution in [2.45, 2.75) is 0 Å². The number of thiocarbonyl (C=S) groups is 1. The highest BCUT2D eigenvalue weighted by Crippen LogP contribution is 2.29. The highest BCUT2D eigenvalue weighted by molar-refractivity contribution is 7.80. The van der Waals surface area contributed by atoms with Crippen LogP contribution >= 0.6 is 23.8 Å². The number of nitrogens with zero attached hydrogens (tertiary/aromatic N) is 2. The fourth-order valence-corrected chi connectivity index (χ4v) is 3.53. The van der Waals surface area contributed by atoms with Gasteiger partial charge in [-0.05, 0) is 54.7 Å². The van der Waals surface area contributed by atoms with Crippen LogP contribution in [0.4, 0.5) is 10.1 Å². The molecule has 0 radical (unpaired) electrons. The van der Waals surface area contributed by atoms with Crippen molar-refractivity contribution in [3.8, 4) is 5.69 Å². The van der Waals surface area contributed by atoms with Crippen LogP contribution in [0.15, 0.2) is 72.4 Å². The quantitative estimate of drug-likeness (QED) is 0.390. The molecule has 5 nitrogen and oxygen atoms in total. The number of benzene rings is 2. The average Bonchev–Trinajstić information content (AvgIpc) is 3.15. The maximum absolute atomic E-state index is 14.2. The molecule has 29 heavy (non-hydrogen) atoms. The number of rotatable bonds is 3. The normalized spacial score (nSPS) is 15.7. The predicted molar refractivity (Wildman–Crippen MR) is 113 cm³/mol. The molecule has 1 aromatic heterocycles. The van der Waals surface area contributed by atoms with E-state index in [2.05, 4.69) is 5.32 Å². The monoisotopic (exact) mass is 425 g/mol. The lowest BCUT2D eigenvalue weighted by Crippen LogP contribution is -2.54. The molecule has 144 valence electrons. The van der Waals surface area contributed by atoms with E-state index < -0.39 is 17.6 Å². The van der Waals surface area contributed by atoms with E-state index in [1.165, 1.54) is 17.0 Å². The van der Waals surface area contributed by atoms with E-state index in [-0.39, 0.29) is 10.7 Å². The predicted octanol–water partition coefficient (Wildman–Crippen LogP) is 4.10. The third-order valence-corrected chi connectivity index (χ3v) is 4.98. The summed E-state index contributed by atoms with van der Waals surface area (Å²) in [6, 6.07) is 16.3. The van der Waals surface area contributed by atoms with E-state index in [9.17, 15) is 14.0 Å². The van der Waals surface area contributed by atoms with E-state index >= 15 is 0 Å². The number of aromatic nitrogens is 1. The number of para-hydroxylation sites is 2. The number of hydrogen-bond donors (Lipinski definition) is 1. The van der Waals surface area contributed by atoms with Crippen molar-refractivity contribution >= 4 is 52.5 Å². The molecule has 0 aliphatic carbocycles. The summed E-state index contributed by atoms with van der Waals surface area (Å²) in [5.41, 5.74) is 0.974. The fourth-order valence-electron chi connectivity index (χ4n) is 3.04. The van der Waals surface area contributed by atoms with E-state index in [1.54, 1.807) is 65.4 Å². The SMILES string of the molecule is O=C1NC(=S)N(c2ccccc2Cl)C(=O)/C1=C/c1cccn1-c1ccccc1F. The van der Waals surface area contributed by atoms with Crippen molar-refractivity contribution < 1.29 is 14.0 Å². The molecule has 4 rings (SSSR count). The minimum atomic E-state index is -0.635. The second-order valence-electron chi connectivity index (χ2n) is 6.16. The van der Waals surface area contributed by atoms with Crippen molar-refractivity contribution in [1.82, 2.24) is 9.88 Å². The third kappa shape index (κ3) is 3.46. The molecule has 8 heteroatoms. The van der Waals surface area contributed by atoms with Gasteiger partial charge >= 0.3 is 0 Å². The van der Waals surface area contributed by atoms with Gasteiger partial charge in [-0.2, -0.15) is 0 Å². The molecule has 2 amide bonds. The maximum Gasteiger partial charge on any atom is 0.270 e. The van der Waals surface area contributed by atoms with Gasteiger partial charge in [-0.25, -0.2) is 4.39 Å². The standard InChI is InChI=1S/C21H13ClFN3O2S/c22-15-7-1-3-9-17(15)26-20(28)14(19(27)24-21(26)29)12-13-6-5-11-25(13)18-10-4-2-8-16(18)23/h1-12H,(H,24,27,29)/b14-12+. The first-order chi connectivity index (χ1) is 14.0. The minimum absolute atomic E-state index is 0.0604. The molecule has 2 aromatic carbocycles. The summed E-state index contributed by atoms with van der Waals surface area (Å²) in [6.45, 7) is 0. The minimum Gasteiger partial charge on any atom is -0.314 e. The van der Waals surface area contributed by atoms with Gasteiger partial charge in [0.05, 0.1) is 16.4 Å². The third-order valence-electron chi connectivity index (χ3n) is 4.38. The van der Waals surface area contributed by atoms with Crippen LogP contribution in [0.3, 0.4) is 0 Å². The summed E-state index contributed by atoms with van der Waals surface area (Å²) >= 11 is 11.4. The summed E-state index contributed by atoms with van der Waals surface area (Å²) in [5.74, 6) is -1.68. The van der Waals surface area contributed by atoms with Crippen LogP contribution in [0.1, 0.15) is 5.69 Å². The lowest BCUT2D eigenvalue weighted by atomic mass is 10.1. The summed E-state index contributed by atoms with van der Waals surface area (Å²) in [4.78, 5) is 26.8. The molecular weight excluding hydrogens is 413 g/mol. The Morgan fingerprint density at radius 3 is 2.38 bits per heavy atom. The molecule has 1 aliphatic heterocycles. The number of carbonyl (C=O) groups excluding carboxylic acids is 2. The van der Waals surface area contributed by atoms with Crippen LogP contribution in [0.5, 0.6) is 0 Å². The lowest BCUT2D eigenvalue weighted by Gasteiger charge is -2.29. The van der Waals surface area contributed by atoms with E-state index in [4.69, 9.17) is 23.8 Å². The van der Waals surface area contributed by atoms with Crippen molar-refractivity contribution in [3.63, 3.8) is 0 Å². The van der Waals surface area contributed by atoms with Crippen LogP contribution < -0.4 is 10.2 Å². The van der Waals surface area contributed by atoms with Crippen molar-refractivity contribution in [3.05, 3.63) is 89.0 Å². The Morgan fingerprint density at radius 1 is 0.966 bits per heavy atom. The molecule has 1 fully saturated rings. The van der Waals surface area contributed by atoms with Crippen LogP contribution in [-0.2, 0) is 9.59 Å². The van der Waals surface area contributed by atoms with Gasteiger partial charge in [-0.15, -0.1) is 0 Å². The molecular formula is C21H13ClFN3O2S. The van der Waals surface area contributed by atoms with E-state index in [0.29, 0.717) is 22.1 Å². The zero-order valence-electron chi connectivity index (χ0n) is 14.8. The van der Waals surface area contributed by atoms with Gasteiger partial charge < -0.3 is 4.57 Å². The number of hydrogen-bond acceptors (Lipinski definition) is 3. The zero-order valence-corrected chi connectivity index (χ0v) is 16.4. The molecule has 0 saturated carbocycles. The number of anilines is 1. The van der Waals surface area contributed by atoms with Crippen LogP contribution in [0.25, 0.3) is 11.8 Å². The average molecular weight is 426 g/mol. The fraction of sp³-hybridized carbons (Fsp3) is 0. The lowest BCUT2D eigenvalue weighted by molar-refractivity contribution is -0.122. The summed E-state index contributed by atoms with van der Waals surface area (Å²) in [6.07, 6.45) is 3.04. The molecule has 0 spiro atoms. The van der Waals surface area contributed by atoms with Gasteiger partial charge in [0.2, 0.25) is 0 Å². The van der Waals surface area contributed by atoms with Crippen molar-refractivity contribution in [2.75, 3.05) is 4.90 Å². The van der Waals surface area contributed by atoms with Gasteiger partial charge in [-0.3, -0.25) is 19.8 Å². The van der Waals surface area contributed by atoms with E-state index in [0.717, 1.165) is 0 Å². The Balaban J connectivity index is 1.79. The molecule has 1 aliphatic rings. The van der Waals surface area contributed by atoms with Crippen molar-refractivity contribution in [1.29, 1.82) is 0 Å². The van der Waals surface area contributed by atoms with E-state index in [1.807, 2.05) is 0 Å². The molecule has 2 heterocycles. The highest BCUT2D eigenvalue weighted by atomic mass is 35.5. The van der Waals surface area contributed by atoms with Gasteiger partial charge in [0, 0.05) is 11.9 Å². The first-order valence-electron chi connectivity index (χ1n) is 8.55. The first-order valence-corrected chi connectivity index (χ1v) is 9.34. The molecule has 1 N–H and O–H groups in total. The van der Waals surface area contributed by atoms with Crippen molar-refractivity contribution in [2.24, 2.45) is 0 Å². The number of amides is 2. The zero-order chi connectivity index (χ0) is 20.5. The molecule has 1 saturated heterocycles. The smallest absolute Gasteiger partial charge is 0.270 e. The van der Waals surface area contributed by atoms with Crippen LogP contribution in [0, 0.1) is 5.82 Å². The maximum atomic E-state index is 14.2. The second kappa shape index (κ2) is 7.62. The Morgan fingerprint density at radius 2 is 1.66 bits per heavy atom. The van der Waals surface area contributed by atoms with Gasteiger partial charge in [0.15, 0.2) is 5.11 Å². The number of nitrogens with one attached hydrogen (secondary N) is 1. The van der Waals surface area contributed by atoms with Gasteiger partial charge in [0.25, 0.3) is 11.8 Å². The Labute approximate surface area is 176 Å². The first kappa shape index (κ1) is 19.0. The largest absolute Gasteiger partial charge is 0.314 e. The Hall–Kier alpha value is -3.29. The molecule has 0 unspecified atom stereocenters. The molecule has 3 aromatic rings. The topological polar surface area (TPSA) is 54.3 Å². The molecule has 0 atom stereocenters. The number of carbonyl (C=O) groups is 2. The van der Waals surface area contributed by atoms with Gasteiger partial charge in [0.1, 0.15) is 11.4 Å². The van der Waals surface area contributed by atoms with Crippen LogP contribution in [-0.4, -0.2) is 21.5 Å². The summed E-state index contributed by atoms with van der Waals surface area (Å²) in [7, 11) is 0. The summed E-state index contributed by atoms with van der Waals surface area (Å²) < 4.78 is 15.8. The molecule has 0 bridgehead atoms. The van der Waals surface area contributed by atoms with Gasteiger partial charge in [-0.1, -0.05) is 35.9 Å². The second-order valence-corrected chi connectivity index (χ2v) is 6.96. The number of halogens is 2. The highest BCUT2D eigenvalue weighted by Gasteiger charge is 2.35. The Kier molecular flexibility index (Phi) is 5.00. The van der Waals surface area contributed by atoms with Crippen LogP contribution in [0.2, 0.25) is 5.02 Å². The Bertz CT molecular complexity index is 1190.